The molecule has 0 radical (unpaired) electrons. The summed E-state index contributed by atoms with van der Waals surface area (Å²) in [6.07, 6.45) is 6.16. The Labute approximate surface area is 123 Å². The van der Waals surface area contributed by atoms with E-state index in [2.05, 4.69) is 50.5 Å². The van der Waals surface area contributed by atoms with Gasteiger partial charge in [0, 0.05) is 13.1 Å². The van der Waals surface area contributed by atoms with Crippen molar-refractivity contribution in [1.82, 2.24) is 39.9 Å². The Balaban J connectivity index is 1.41. The maximum absolute atomic E-state index is 4.20. The van der Waals surface area contributed by atoms with Gasteiger partial charge in [-0.1, -0.05) is 0 Å². The summed E-state index contributed by atoms with van der Waals surface area (Å²) in [6.45, 7) is 1.32. The molecule has 4 N–H and O–H groups in total. The molecule has 0 spiro atoms. The molecule has 10 heteroatoms. The molecule has 4 aromatic rings. The van der Waals surface area contributed by atoms with Gasteiger partial charge in [-0.2, -0.15) is 0 Å². The third-order valence-corrected chi connectivity index (χ3v) is 3.16. The Kier molecular flexibility index (Phi) is 2.96. The van der Waals surface area contributed by atoms with Gasteiger partial charge in [0.15, 0.2) is 22.9 Å². The molecule has 0 aliphatic rings. The fourth-order valence-corrected chi connectivity index (χ4v) is 2.16. The van der Waals surface area contributed by atoms with Gasteiger partial charge in [-0.25, -0.2) is 29.9 Å². The smallest absolute Gasteiger partial charge is 0.182 e. The molecule has 0 fully saturated rings. The number of nitrogens with one attached hydrogen (secondary N) is 4. The summed E-state index contributed by atoms with van der Waals surface area (Å²) < 4.78 is 0. The summed E-state index contributed by atoms with van der Waals surface area (Å²) in [7, 11) is 0. The van der Waals surface area contributed by atoms with Crippen LogP contribution in [-0.2, 0) is 0 Å². The maximum Gasteiger partial charge on any atom is 0.182 e. The first-order valence-corrected chi connectivity index (χ1v) is 6.68. The number of hydrogen-bond donors (Lipinski definition) is 4. The number of fused-ring (bicyclic) bond motifs is 2. The molecule has 0 aliphatic carbocycles. The lowest BCUT2D eigenvalue weighted by Crippen LogP contribution is -2.15. The molecule has 4 heterocycles. The summed E-state index contributed by atoms with van der Waals surface area (Å²) in [5, 5.41) is 6.46. The topological polar surface area (TPSA) is 133 Å². The van der Waals surface area contributed by atoms with E-state index in [1.54, 1.807) is 12.7 Å². The first-order valence-electron chi connectivity index (χ1n) is 6.68. The van der Waals surface area contributed by atoms with Gasteiger partial charge in [0.25, 0.3) is 0 Å². The van der Waals surface area contributed by atoms with Crippen LogP contribution in [-0.4, -0.2) is 53.0 Å². The lowest BCUT2D eigenvalue weighted by atomic mass is 10.4. The number of nitrogens with zero attached hydrogens (tertiary/aromatic N) is 6. The molecule has 0 aliphatic heterocycles. The predicted octanol–water partition coefficient (Wildman–Crippen LogP) is 0.543. The zero-order valence-electron chi connectivity index (χ0n) is 11.4. The first kappa shape index (κ1) is 12.4. The van der Waals surface area contributed by atoms with E-state index in [1.807, 2.05) is 0 Å². The number of H-pyrrole nitrogens is 2. The quantitative estimate of drug-likeness (QED) is 0.392. The van der Waals surface area contributed by atoms with Gasteiger partial charge in [-0.05, 0) is 0 Å². The van der Waals surface area contributed by atoms with Crippen LogP contribution in [0.3, 0.4) is 0 Å². The third kappa shape index (κ3) is 2.16. The largest absolute Gasteiger partial charge is 0.366 e. The molecule has 0 bridgehead atoms. The highest BCUT2D eigenvalue weighted by Crippen LogP contribution is 2.15. The standard InChI is InChI=1S/C12H12N10/c1(13-9-7-11(17-3-15-7)21-5-19-9)2-14-10-8-12(18-4-16-8)22-6-20-10/h3-6H,1-2H2,(H2,13,15,17,19,21)(H2,14,16,18,20,22). The summed E-state index contributed by atoms with van der Waals surface area (Å²) in [5.41, 5.74) is 2.86. The zero-order valence-corrected chi connectivity index (χ0v) is 11.4. The number of hydrogen-bond acceptors (Lipinski definition) is 8. The van der Waals surface area contributed by atoms with E-state index in [1.165, 1.54) is 12.7 Å². The molecule has 0 atom stereocenters. The van der Waals surface area contributed by atoms with Gasteiger partial charge >= 0.3 is 0 Å². The van der Waals surface area contributed by atoms with Crippen LogP contribution in [0.25, 0.3) is 22.3 Å². The van der Waals surface area contributed by atoms with Crippen molar-refractivity contribution < 1.29 is 0 Å². The molecular weight excluding hydrogens is 284 g/mol. The minimum Gasteiger partial charge on any atom is -0.366 e. The van der Waals surface area contributed by atoms with E-state index in [0.717, 1.165) is 22.7 Å². The van der Waals surface area contributed by atoms with Crippen LogP contribution in [0.4, 0.5) is 11.6 Å². The van der Waals surface area contributed by atoms with Gasteiger partial charge in [-0.15, -0.1) is 0 Å². The summed E-state index contributed by atoms with van der Waals surface area (Å²) in [6, 6.07) is 0. The summed E-state index contributed by atoms with van der Waals surface area (Å²) in [5.74, 6) is 1.44. The maximum atomic E-state index is 4.20. The van der Waals surface area contributed by atoms with Gasteiger partial charge in [0.2, 0.25) is 0 Å². The average molecular weight is 296 g/mol. The van der Waals surface area contributed by atoms with Crippen LogP contribution >= 0.6 is 0 Å². The van der Waals surface area contributed by atoms with Crippen molar-refractivity contribution in [2.24, 2.45) is 0 Å². The van der Waals surface area contributed by atoms with Gasteiger partial charge in [0.1, 0.15) is 23.7 Å². The number of imidazole rings is 2. The third-order valence-electron chi connectivity index (χ3n) is 3.16. The molecule has 10 nitrogen and oxygen atoms in total. The fraction of sp³-hybridized carbons (Fsp3) is 0.167. The van der Waals surface area contributed by atoms with Crippen LogP contribution in [0.15, 0.2) is 25.3 Å². The molecular formula is C12H12N10. The molecule has 4 rings (SSSR count). The van der Waals surface area contributed by atoms with E-state index in [0.29, 0.717) is 24.4 Å². The van der Waals surface area contributed by atoms with Crippen molar-refractivity contribution in [2.75, 3.05) is 23.7 Å². The second-order valence-electron chi connectivity index (χ2n) is 4.50. The Morgan fingerprint density at radius 2 is 1.18 bits per heavy atom. The van der Waals surface area contributed by atoms with Crippen LogP contribution < -0.4 is 10.6 Å². The number of rotatable bonds is 5. The highest BCUT2D eigenvalue weighted by atomic mass is 15.1. The number of aromatic nitrogens is 8. The first-order chi connectivity index (χ1) is 10.9. The summed E-state index contributed by atoms with van der Waals surface area (Å²) in [4.78, 5) is 30.8. The number of aromatic amines is 2. The number of anilines is 2. The van der Waals surface area contributed by atoms with Crippen LogP contribution in [0.5, 0.6) is 0 Å². The van der Waals surface area contributed by atoms with Crippen molar-refractivity contribution in [3.63, 3.8) is 0 Å². The highest BCUT2D eigenvalue weighted by Gasteiger charge is 2.06. The molecule has 0 aromatic carbocycles. The van der Waals surface area contributed by atoms with Crippen LogP contribution in [0, 0.1) is 0 Å². The van der Waals surface area contributed by atoms with Crippen molar-refractivity contribution in [1.29, 1.82) is 0 Å². The van der Waals surface area contributed by atoms with Crippen LogP contribution in [0.1, 0.15) is 0 Å². The minimum atomic E-state index is 0.639. The molecule has 0 unspecified atom stereocenters. The second kappa shape index (κ2) is 5.24. The van der Waals surface area contributed by atoms with E-state index in [4.69, 9.17) is 0 Å². The van der Waals surface area contributed by atoms with Crippen molar-refractivity contribution in [3.05, 3.63) is 25.3 Å². The van der Waals surface area contributed by atoms with Crippen molar-refractivity contribution in [3.8, 4) is 0 Å². The molecule has 0 saturated carbocycles. The normalized spacial score (nSPS) is 11.1. The average Bonchev–Trinajstić information content (AvgIpc) is 3.20. The zero-order chi connectivity index (χ0) is 14.8. The van der Waals surface area contributed by atoms with Gasteiger partial charge in [-0.3, -0.25) is 0 Å². The second-order valence-corrected chi connectivity index (χ2v) is 4.50. The minimum absolute atomic E-state index is 0.639. The predicted molar refractivity (Wildman–Crippen MR) is 80.3 cm³/mol. The Morgan fingerprint density at radius 1 is 0.682 bits per heavy atom. The Bertz CT molecular complexity index is 834. The lowest BCUT2D eigenvalue weighted by Gasteiger charge is -2.08. The van der Waals surface area contributed by atoms with Gasteiger partial charge < -0.3 is 20.6 Å². The monoisotopic (exact) mass is 296 g/mol. The molecule has 110 valence electrons. The molecule has 0 amide bonds. The van der Waals surface area contributed by atoms with Gasteiger partial charge in [0.05, 0.1) is 12.7 Å². The SMILES string of the molecule is c1nc(NCCNc2ncnc3nc[nH]c23)c2[nH]cnc2n1. The Hall–Kier alpha value is -3.30. The van der Waals surface area contributed by atoms with E-state index in [-0.39, 0.29) is 0 Å². The fourth-order valence-electron chi connectivity index (χ4n) is 2.16. The molecule has 4 aromatic heterocycles. The summed E-state index contributed by atoms with van der Waals surface area (Å²) >= 11 is 0. The van der Waals surface area contributed by atoms with Crippen LogP contribution in [0.2, 0.25) is 0 Å². The molecule has 0 saturated heterocycles. The van der Waals surface area contributed by atoms with E-state index in [9.17, 15) is 0 Å². The van der Waals surface area contributed by atoms with Crippen molar-refractivity contribution >= 4 is 34.0 Å². The van der Waals surface area contributed by atoms with E-state index < -0.39 is 0 Å². The van der Waals surface area contributed by atoms with E-state index >= 15 is 0 Å². The molecule has 22 heavy (non-hydrogen) atoms. The lowest BCUT2D eigenvalue weighted by molar-refractivity contribution is 1.04. The highest BCUT2D eigenvalue weighted by molar-refractivity contribution is 5.82. The Morgan fingerprint density at radius 3 is 1.68 bits per heavy atom. The van der Waals surface area contributed by atoms with Crippen molar-refractivity contribution in [2.45, 2.75) is 0 Å².